The van der Waals surface area contributed by atoms with Gasteiger partial charge in [-0.1, -0.05) is 60.7 Å². The van der Waals surface area contributed by atoms with Crippen LogP contribution in [0.4, 0.5) is 5.69 Å². The molecule has 1 aliphatic rings. The summed E-state index contributed by atoms with van der Waals surface area (Å²) in [5.41, 5.74) is 3.12. The lowest BCUT2D eigenvalue weighted by atomic mass is 10.1. The molecule has 1 heterocycles. The number of anilines is 1. The summed E-state index contributed by atoms with van der Waals surface area (Å²) in [6.45, 7) is 1.34. The van der Waals surface area contributed by atoms with E-state index < -0.39 is 6.23 Å². The molecule has 0 spiro atoms. The molecule has 3 aromatic rings. The van der Waals surface area contributed by atoms with Gasteiger partial charge >= 0.3 is 0 Å². The molecule has 1 aliphatic heterocycles. The standard InChI is InChI=1S/C25H24N2O4/c28-23-18-31-25(27(23)22-12-5-2-6-13-22)21-11-7-10-20(16-21)24(29)26-14-15-30-17-19-8-3-1-4-9-19/h1-13,16,25H,14-15,17-18H2,(H,26,29). The number of ether oxygens (including phenoxy) is 2. The number of carbonyl (C=O) groups excluding carboxylic acids is 2. The zero-order valence-corrected chi connectivity index (χ0v) is 17.1. The maximum Gasteiger partial charge on any atom is 0.255 e. The van der Waals surface area contributed by atoms with Gasteiger partial charge in [0, 0.05) is 23.4 Å². The van der Waals surface area contributed by atoms with E-state index in [0.29, 0.717) is 25.3 Å². The lowest BCUT2D eigenvalue weighted by Gasteiger charge is -2.23. The minimum atomic E-state index is -0.558. The Labute approximate surface area is 181 Å². The minimum absolute atomic E-state index is 0.00867. The van der Waals surface area contributed by atoms with Crippen molar-refractivity contribution in [3.05, 3.63) is 102 Å². The van der Waals surface area contributed by atoms with Crippen LogP contribution in [0.1, 0.15) is 27.7 Å². The van der Waals surface area contributed by atoms with E-state index in [2.05, 4.69) is 5.32 Å². The van der Waals surface area contributed by atoms with Crippen molar-refractivity contribution in [1.29, 1.82) is 0 Å². The molecule has 1 saturated heterocycles. The second kappa shape index (κ2) is 10.0. The van der Waals surface area contributed by atoms with Gasteiger partial charge in [-0.15, -0.1) is 0 Å². The number of rotatable bonds is 8. The largest absolute Gasteiger partial charge is 0.375 e. The summed E-state index contributed by atoms with van der Waals surface area (Å²) in [4.78, 5) is 26.6. The molecule has 3 aromatic carbocycles. The maximum atomic E-state index is 12.6. The second-order valence-corrected chi connectivity index (χ2v) is 7.18. The fourth-order valence-corrected chi connectivity index (χ4v) is 3.47. The first-order valence-corrected chi connectivity index (χ1v) is 10.2. The Kier molecular flexibility index (Phi) is 6.72. The first-order valence-electron chi connectivity index (χ1n) is 10.2. The molecule has 1 atom stereocenters. The number of nitrogens with one attached hydrogen (secondary N) is 1. The third-order valence-corrected chi connectivity index (χ3v) is 4.98. The molecule has 6 nitrogen and oxygen atoms in total. The van der Waals surface area contributed by atoms with Crippen LogP contribution in [-0.2, 0) is 20.9 Å². The van der Waals surface area contributed by atoms with Crippen molar-refractivity contribution in [3.8, 4) is 0 Å². The third-order valence-electron chi connectivity index (χ3n) is 4.98. The Bertz CT molecular complexity index is 1020. The Morgan fingerprint density at radius 1 is 1.00 bits per heavy atom. The smallest absolute Gasteiger partial charge is 0.255 e. The number of amides is 2. The van der Waals surface area contributed by atoms with Gasteiger partial charge in [0.25, 0.3) is 11.8 Å². The van der Waals surface area contributed by atoms with Crippen molar-refractivity contribution >= 4 is 17.5 Å². The van der Waals surface area contributed by atoms with Crippen LogP contribution in [0.3, 0.4) is 0 Å². The molecule has 2 amide bonds. The highest BCUT2D eigenvalue weighted by Crippen LogP contribution is 2.33. The van der Waals surface area contributed by atoms with Crippen LogP contribution in [0.15, 0.2) is 84.9 Å². The molecular formula is C25H24N2O4. The Morgan fingerprint density at radius 3 is 2.52 bits per heavy atom. The van der Waals surface area contributed by atoms with Gasteiger partial charge in [-0.2, -0.15) is 0 Å². The van der Waals surface area contributed by atoms with E-state index >= 15 is 0 Å². The summed E-state index contributed by atoms with van der Waals surface area (Å²) in [5, 5.41) is 2.87. The Morgan fingerprint density at radius 2 is 1.74 bits per heavy atom. The van der Waals surface area contributed by atoms with Crippen LogP contribution in [0.2, 0.25) is 0 Å². The molecule has 1 N–H and O–H groups in total. The van der Waals surface area contributed by atoms with E-state index in [1.165, 1.54) is 0 Å². The SMILES string of the molecule is O=C(NCCOCc1ccccc1)c1cccc(C2OCC(=O)N2c2ccccc2)c1. The molecule has 0 aliphatic carbocycles. The highest BCUT2D eigenvalue weighted by Gasteiger charge is 2.34. The number of benzene rings is 3. The fraction of sp³-hybridized carbons (Fsp3) is 0.200. The monoisotopic (exact) mass is 416 g/mol. The molecule has 0 aromatic heterocycles. The van der Waals surface area contributed by atoms with Gasteiger partial charge in [0.1, 0.15) is 6.61 Å². The van der Waals surface area contributed by atoms with E-state index in [1.807, 2.05) is 66.7 Å². The summed E-state index contributed by atoms with van der Waals surface area (Å²) < 4.78 is 11.3. The van der Waals surface area contributed by atoms with Gasteiger partial charge in [0.2, 0.25) is 0 Å². The van der Waals surface area contributed by atoms with Gasteiger partial charge in [-0.3, -0.25) is 14.5 Å². The molecule has 1 fully saturated rings. The minimum Gasteiger partial charge on any atom is -0.375 e. The van der Waals surface area contributed by atoms with Crippen LogP contribution >= 0.6 is 0 Å². The number of carbonyl (C=O) groups is 2. The van der Waals surface area contributed by atoms with Crippen molar-refractivity contribution in [3.63, 3.8) is 0 Å². The van der Waals surface area contributed by atoms with Crippen LogP contribution in [0, 0.1) is 0 Å². The van der Waals surface area contributed by atoms with Gasteiger partial charge in [-0.25, -0.2) is 0 Å². The van der Waals surface area contributed by atoms with Crippen molar-refractivity contribution in [1.82, 2.24) is 5.32 Å². The number of para-hydroxylation sites is 1. The molecule has 0 bridgehead atoms. The third kappa shape index (κ3) is 5.17. The average molecular weight is 416 g/mol. The summed E-state index contributed by atoms with van der Waals surface area (Å²) >= 11 is 0. The predicted octanol–water partition coefficient (Wildman–Crippen LogP) is 3.70. The summed E-state index contributed by atoms with van der Waals surface area (Å²) in [5.74, 6) is -0.303. The molecule has 0 radical (unpaired) electrons. The van der Waals surface area contributed by atoms with E-state index in [4.69, 9.17) is 9.47 Å². The first-order chi connectivity index (χ1) is 15.2. The highest BCUT2D eigenvalue weighted by atomic mass is 16.5. The average Bonchev–Trinajstić information content (AvgIpc) is 3.21. The molecule has 6 heteroatoms. The topological polar surface area (TPSA) is 67.9 Å². The quantitative estimate of drug-likeness (QED) is 0.569. The van der Waals surface area contributed by atoms with Crippen LogP contribution in [0.5, 0.6) is 0 Å². The van der Waals surface area contributed by atoms with E-state index in [-0.39, 0.29) is 18.4 Å². The van der Waals surface area contributed by atoms with Crippen molar-refractivity contribution in [2.24, 2.45) is 0 Å². The predicted molar refractivity (Wildman–Crippen MR) is 117 cm³/mol. The van der Waals surface area contributed by atoms with E-state index in [0.717, 1.165) is 16.8 Å². The van der Waals surface area contributed by atoms with E-state index in [9.17, 15) is 9.59 Å². The van der Waals surface area contributed by atoms with Crippen molar-refractivity contribution in [2.45, 2.75) is 12.8 Å². The lowest BCUT2D eigenvalue weighted by Crippen LogP contribution is -2.29. The zero-order chi connectivity index (χ0) is 21.5. The van der Waals surface area contributed by atoms with Crippen molar-refractivity contribution in [2.75, 3.05) is 24.7 Å². The molecule has 31 heavy (non-hydrogen) atoms. The number of hydrogen-bond acceptors (Lipinski definition) is 4. The molecule has 0 saturated carbocycles. The summed E-state index contributed by atoms with van der Waals surface area (Å²) in [6, 6.07) is 26.4. The summed E-state index contributed by atoms with van der Waals surface area (Å²) in [7, 11) is 0. The van der Waals surface area contributed by atoms with Crippen LogP contribution in [0.25, 0.3) is 0 Å². The highest BCUT2D eigenvalue weighted by molar-refractivity contribution is 5.97. The molecule has 158 valence electrons. The second-order valence-electron chi connectivity index (χ2n) is 7.18. The maximum absolute atomic E-state index is 12.6. The summed E-state index contributed by atoms with van der Waals surface area (Å²) in [6.07, 6.45) is -0.558. The van der Waals surface area contributed by atoms with E-state index in [1.54, 1.807) is 23.1 Å². The van der Waals surface area contributed by atoms with Crippen molar-refractivity contribution < 1.29 is 19.1 Å². The normalized spacial score (nSPS) is 15.8. The Hall–Kier alpha value is -3.48. The lowest BCUT2D eigenvalue weighted by molar-refractivity contribution is -0.117. The fourth-order valence-electron chi connectivity index (χ4n) is 3.47. The van der Waals surface area contributed by atoms with Gasteiger partial charge in [-0.05, 0) is 29.8 Å². The zero-order valence-electron chi connectivity index (χ0n) is 17.1. The first kappa shape index (κ1) is 20.8. The van der Waals surface area contributed by atoms with Gasteiger partial charge in [0.15, 0.2) is 6.23 Å². The van der Waals surface area contributed by atoms with Crippen LogP contribution in [-0.4, -0.2) is 31.6 Å². The van der Waals surface area contributed by atoms with Gasteiger partial charge in [0.05, 0.1) is 13.2 Å². The van der Waals surface area contributed by atoms with Gasteiger partial charge < -0.3 is 14.8 Å². The Balaban J connectivity index is 1.35. The molecule has 4 rings (SSSR count). The number of nitrogens with zero attached hydrogens (tertiary/aromatic N) is 1. The molecule has 1 unspecified atom stereocenters. The van der Waals surface area contributed by atoms with Crippen LogP contribution < -0.4 is 10.2 Å². The molecular weight excluding hydrogens is 392 g/mol. The number of hydrogen-bond donors (Lipinski definition) is 1.